The molecule has 0 amide bonds. The summed E-state index contributed by atoms with van der Waals surface area (Å²) in [5.41, 5.74) is -3.34. The molecule has 61 heavy (non-hydrogen) atoms. The number of ketones is 1. The van der Waals surface area contributed by atoms with Crippen LogP contribution in [0.25, 0.3) is 0 Å². The number of cyclic esters (lactones) is 1. The monoisotopic (exact) mass is 868 g/mol. The van der Waals surface area contributed by atoms with Crippen LogP contribution in [0, 0.1) is 23.7 Å². The Balaban J connectivity index is 1.88. The van der Waals surface area contributed by atoms with Gasteiger partial charge in [-0.25, -0.2) is 0 Å². The van der Waals surface area contributed by atoms with Crippen molar-refractivity contribution in [1.29, 1.82) is 0 Å². The van der Waals surface area contributed by atoms with E-state index in [1.165, 1.54) is 14.0 Å². The Morgan fingerprint density at radius 1 is 0.820 bits per heavy atom. The maximum Gasteiger partial charge on any atom is 0.311 e. The summed E-state index contributed by atoms with van der Waals surface area (Å²) in [7, 11) is 8.66. The molecule has 0 aromatic heterocycles. The van der Waals surface area contributed by atoms with Crippen molar-refractivity contribution in [3.63, 3.8) is 0 Å². The fourth-order valence-electron chi connectivity index (χ4n) is 9.67. The van der Waals surface area contributed by atoms with Crippen LogP contribution in [0.4, 0.5) is 0 Å². The molecule has 1 unspecified atom stereocenters. The SMILES string of the molecule is CC[C@H]1OC(=O)[C@H](C)[C@@H](OC2C[C@@](C)(OC)[C@@H](O)[C@H](C)O2)[C@H](C)[C@@H](O[C@@H]2O[C@H](C)C[C@H](N(C)C)[C@H]2OCc2ccc(OC)cc2)[C@@](C)(OC)C[C@@H](C)C(=O)[C@H](C)[C@@H](O)[C@]1(C)O. The molecule has 4 rings (SSSR count). The Kier molecular flexibility index (Phi) is 17.8. The number of benzene rings is 1. The van der Waals surface area contributed by atoms with Crippen molar-refractivity contribution >= 4 is 11.8 Å². The van der Waals surface area contributed by atoms with Gasteiger partial charge in [-0.1, -0.05) is 39.8 Å². The molecule has 15 heteroatoms. The Morgan fingerprint density at radius 2 is 1.44 bits per heavy atom. The number of esters is 1. The van der Waals surface area contributed by atoms with Crippen molar-refractivity contribution < 1.29 is 67.5 Å². The third-order valence-corrected chi connectivity index (χ3v) is 13.8. The number of methoxy groups -OCH3 is 3. The van der Waals surface area contributed by atoms with Gasteiger partial charge in [0.15, 0.2) is 12.6 Å². The largest absolute Gasteiger partial charge is 0.497 e. The Hall–Kier alpha value is -2.28. The van der Waals surface area contributed by atoms with E-state index in [-0.39, 0.29) is 43.8 Å². The number of hydrogen-bond acceptors (Lipinski definition) is 15. The molecule has 1 aromatic rings. The normalized spacial score (nSPS) is 43.4. The highest BCUT2D eigenvalue weighted by atomic mass is 16.7. The molecule has 1 aromatic carbocycles. The van der Waals surface area contributed by atoms with Gasteiger partial charge < -0.3 is 62.9 Å². The van der Waals surface area contributed by atoms with E-state index in [2.05, 4.69) is 4.90 Å². The van der Waals surface area contributed by atoms with Gasteiger partial charge >= 0.3 is 5.97 Å². The Bertz CT molecular complexity index is 1560. The summed E-state index contributed by atoms with van der Waals surface area (Å²) in [6.07, 6.45) is -8.00. The summed E-state index contributed by atoms with van der Waals surface area (Å²) in [6.45, 7) is 17.7. The molecule has 350 valence electrons. The molecule has 3 aliphatic heterocycles. The first kappa shape index (κ1) is 51.4. The molecule has 0 saturated carbocycles. The first-order valence-corrected chi connectivity index (χ1v) is 21.9. The van der Waals surface area contributed by atoms with Crippen LogP contribution >= 0.6 is 0 Å². The number of hydrogen-bond donors (Lipinski definition) is 3. The highest BCUT2D eigenvalue weighted by Gasteiger charge is 2.54. The first-order chi connectivity index (χ1) is 28.5. The maximum atomic E-state index is 14.4. The lowest BCUT2D eigenvalue weighted by Crippen LogP contribution is -2.61. The van der Waals surface area contributed by atoms with Crippen molar-refractivity contribution in [1.82, 2.24) is 4.90 Å². The zero-order chi connectivity index (χ0) is 45.8. The molecule has 3 heterocycles. The second-order valence-electron chi connectivity index (χ2n) is 18.8. The lowest BCUT2D eigenvalue weighted by Gasteiger charge is -2.50. The van der Waals surface area contributed by atoms with Gasteiger partial charge in [-0.05, 0) is 92.6 Å². The predicted molar refractivity (Wildman–Crippen MR) is 227 cm³/mol. The van der Waals surface area contributed by atoms with E-state index >= 15 is 0 Å². The maximum absolute atomic E-state index is 14.4. The standard InChI is InChI=1S/C46H77NO14/c1-16-34-46(10,52)39(49)27(4)36(48)25(2)22-45(9,55-15)41(28(5)37(29(6)42(51)59-34)60-35-23-44(8,54-14)40(50)30(7)58-35)61-43-38(33(47(11)12)21-26(3)57-43)56-24-31-17-19-32(53-13)20-18-31/h17-20,25-30,33-35,37-41,43,49-50,52H,16,21-24H2,1-15H3/t25-,26-,27+,28+,29-,30+,33+,34-,35?,37+,38-,39-,40+,41-,43+,44-,45+,46-/m1/s1. The predicted octanol–water partition coefficient (Wildman–Crippen LogP) is 4.67. The van der Waals surface area contributed by atoms with Crippen molar-refractivity contribution in [2.75, 3.05) is 35.4 Å². The number of Topliss-reactive ketones (excluding diaryl/α,β-unsaturated/α-hetero) is 1. The molecule has 3 N–H and O–H groups in total. The minimum atomic E-state index is -1.97. The van der Waals surface area contributed by atoms with Crippen LogP contribution in [0.1, 0.15) is 100 Å². The van der Waals surface area contributed by atoms with Crippen LogP contribution < -0.4 is 4.74 Å². The molecule has 15 nitrogen and oxygen atoms in total. The highest BCUT2D eigenvalue weighted by Crippen LogP contribution is 2.42. The fourth-order valence-corrected chi connectivity index (χ4v) is 9.67. The zero-order valence-electron chi connectivity index (χ0n) is 39.3. The van der Waals surface area contributed by atoms with Crippen molar-refractivity contribution in [2.45, 2.75) is 186 Å². The number of ether oxygens (including phenoxy) is 9. The summed E-state index contributed by atoms with van der Waals surface area (Å²) in [5.74, 6) is -3.71. The van der Waals surface area contributed by atoms with E-state index in [0.717, 1.165) is 11.3 Å². The zero-order valence-corrected chi connectivity index (χ0v) is 39.3. The summed E-state index contributed by atoms with van der Waals surface area (Å²) in [6, 6.07) is 7.50. The van der Waals surface area contributed by atoms with Crippen LogP contribution in [-0.4, -0.2) is 152 Å². The van der Waals surface area contributed by atoms with Gasteiger partial charge in [-0.2, -0.15) is 0 Å². The van der Waals surface area contributed by atoms with Gasteiger partial charge in [0.25, 0.3) is 0 Å². The number of aliphatic hydroxyl groups excluding tert-OH is 2. The second kappa shape index (κ2) is 21.1. The van der Waals surface area contributed by atoms with Crippen LogP contribution in [0.5, 0.6) is 5.75 Å². The molecule has 0 bridgehead atoms. The lowest BCUT2D eigenvalue weighted by molar-refractivity contribution is -0.323. The Labute approximate surface area is 363 Å². The summed E-state index contributed by atoms with van der Waals surface area (Å²) in [5, 5.41) is 34.4. The number of nitrogens with zero attached hydrogens (tertiary/aromatic N) is 1. The quantitative estimate of drug-likeness (QED) is 0.247. The van der Waals surface area contributed by atoms with Gasteiger partial charge in [0, 0.05) is 44.4 Å². The number of rotatable bonds is 12. The average Bonchev–Trinajstić information content (AvgIpc) is 3.23. The van der Waals surface area contributed by atoms with Crippen molar-refractivity contribution in [3.05, 3.63) is 29.8 Å². The molecule has 18 atom stereocenters. The second-order valence-corrected chi connectivity index (χ2v) is 18.8. The molecule has 3 fully saturated rings. The van der Waals surface area contributed by atoms with Crippen molar-refractivity contribution in [2.24, 2.45) is 23.7 Å². The van der Waals surface area contributed by atoms with E-state index in [9.17, 15) is 24.9 Å². The van der Waals surface area contributed by atoms with E-state index in [0.29, 0.717) is 6.42 Å². The summed E-state index contributed by atoms with van der Waals surface area (Å²) >= 11 is 0. The van der Waals surface area contributed by atoms with Crippen LogP contribution in [-0.2, 0) is 54.1 Å². The fraction of sp³-hybridized carbons (Fsp3) is 0.826. The van der Waals surface area contributed by atoms with E-state index in [4.69, 9.17) is 42.6 Å². The number of carbonyl (C=O) groups is 2. The van der Waals surface area contributed by atoms with Crippen LogP contribution in [0.15, 0.2) is 24.3 Å². The topological polar surface area (TPSA) is 181 Å². The molecule has 0 aliphatic carbocycles. The van der Waals surface area contributed by atoms with Gasteiger partial charge in [0.05, 0.1) is 61.4 Å². The third kappa shape index (κ3) is 11.5. The highest BCUT2D eigenvalue weighted by molar-refractivity contribution is 5.83. The van der Waals surface area contributed by atoms with Crippen molar-refractivity contribution in [3.8, 4) is 5.75 Å². The minimum absolute atomic E-state index is 0.126. The summed E-state index contributed by atoms with van der Waals surface area (Å²) < 4.78 is 57.4. The minimum Gasteiger partial charge on any atom is -0.497 e. The van der Waals surface area contributed by atoms with E-state index in [1.54, 1.807) is 55.8 Å². The molecule has 3 saturated heterocycles. The van der Waals surface area contributed by atoms with Gasteiger partial charge in [0.2, 0.25) is 0 Å². The van der Waals surface area contributed by atoms with E-state index < -0.39 is 102 Å². The molecule has 0 radical (unpaired) electrons. The molecule has 3 aliphatic rings. The molecular weight excluding hydrogens is 790 g/mol. The average molecular weight is 868 g/mol. The smallest absolute Gasteiger partial charge is 0.311 e. The van der Waals surface area contributed by atoms with Gasteiger partial charge in [-0.15, -0.1) is 0 Å². The lowest BCUT2D eigenvalue weighted by atomic mass is 9.74. The molecule has 0 spiro atoms. The summed E-state index contributed by atoms with van der Waals surface area (Å²) in [4.78, 5) is 30.8. The number of likely N-dealkylation sites (N-methyl/N-ethyl adjacent to an activating group) is 1. The number of aliphatic hydroxyl groups is 3. The third-order valence-electron chi connectivity index (χ3n) is 13.8. The first-order valence-electron chi connectivity index (χ1n) is 21.9. The van der Waals surface area contributed by atoms with Gasteiger partial charge in [-0.3, -0.25) is 9.59 Å². The van der Waals surface area contributed by atoms with Gasteiger partial charge in [0.1, 0.15) is 35.4 Å². The van der Waals surface area contributed by atoms with Crippen LogP contribution in [0.3, 0.4) is 0 Å². The Morgan fingerprint density at radius 3 is 2.00 bits per heavy atom. The van der Waals surface area contributed by atoms with E-state index in [1.807, 2.05) is 59.1 Å². The van der Waals surface area contributed by atoms with Crippen LogP contribution in [0.2, 0.25) is 0 Å². The number of carbonyl (C=O) groups excluding carboxylic acids is 2. The molecular formula is C46H77NO14.